The first-order chi connectivity index (χ1) is 7.13. The van der Waals surface area contributed by atoms with Gasteiger partial charge in [0.25, 0.3) is 0 Å². The molecule has 0 aliphatic rings. The first-order valence-corrected chi connectivity index (χ1v) is 5.31. The number of hydrogen-bond acceptors (Lipinski definition) is 4. The van der Waals surface area contributed by atoms with Crippen molar-refractivity contribution >= 4 is 0 Å². The lowest BCUT2D eigenvalue weighted by molar-refractivity contribution is 0.170. The molecule has 1 atom stereocenters. The highest BCUT2D eigenvalue weighted by atomic mass is 16.5. The molecule has 0 fully saturated rings. The van der Waals surface area contributed by atoms with Gasteiger partial charge in [-0.1, -0.05) is 19.0 Å². The van der Waals surface area contributed by atoms with Gasteiger partial charge in [0.05, 0.1) is 18.8 Å². The zero-order valence-corrected chi connectivity index (χ0v) is 9.91. The van der Waals surface area contributed by atoms with Crippen molar-refractivity contribution in [1.82, 2.24) is 10.5 Å². The van der Waals surface area contributed by atoms with Gasteiger partial charge in [0.2, 0.25) is 0 Å². The van der Waals surface area contributed by atoms with Crippen LogP contribution >= 0.6 is 0 Å². The van der Waals surface area contributed by atoms with E-state index in [9.17, 15) is 0 Å². The van der Waals surface area contributed by atoms with Crippen molar-refractivity contribution in [2.45, 2.75) is 39.3 Å². The fraction of sp³-hybridized carbons (Fsp3) is 0.727. The summed E-state index contributed by atoms with van der Waals surface area (Å²) in [7, 11) is 1.70. The fourth-order valence-electron chi connectivity index (χ4n) is 1.27. The number of aromatic nitrogens is 1. The Morgan fingerprint density at radius 1 is 1.47 bits per heavy atom. The van der Waals surface area contributed by atoms with Crippen molar-refractivity contribution < 1.29 is 9.26 Å². The van der Waals surface area contributed by atoms with Gasteiger partial charge < -0.3 is 14.6 Å². The van der Waals surface area contributed by atoms with Crippen LogP contribution in [0.15, 0.2) is 10.6 Å². The van der Waals surface area contributed by atoms with Crippen LogP contribution in [0.1, 0.15) is 38.1 Å². The molecule has 1 unspecified atom stereocenters. The Hall–Kier alpha value is -0.870. The molecule has 0 aromatic carbocycles. The molecule has 1 N–H and O–H groups in total. The number of nitrogens with one attached hydrogen (secondary N) is 1. The van der Waals surface area contributed by atoms with Gasteiger partial charge in [-0.05, 0) is 12.8 Å². The molecule has 15 heavy (non-hydrogen) atoms. The highest BCUT2D eigenvalue weighted by Crippen LogP contribution is 2.13. The van der Waals surface area contributed by atoms with E-state index in [1.807, 2.05) is 6.07 Å². The van der Waals surface area contributed by atoms with Gasteiger partial charge in [-0.2, -0.15) is 0 Å². The molecule has 1 heterocycles. The van der Waals surface area contributed by atoms with E-state index in [1.165, 1.54) is 0 Å². The van der Waals surface area contributed by atoms with E-state index in [0.29, 0.717) is 25.1 Å². The molecule has 0 aliphatic carbocycles. The molecule has 1 rings (SSSR count). The predicted molar refractivity (Wildman–Crippen MR) is 58.8 cm³/mol. The van der Waals surface area contributed by atoms with Crippen molar-refractivity contribution in [3.8, 4) is 0 Å². The monoisotopic (exact) mass is 212 g/mol. The third kappa shape index (κ3) is 4.01. The van der Waals surface area contributed by atoms with Gasteiger partial charge in [0.15, 0.2) is 5.76 Å². The summed E-state index contributed by atoms with van der Waals surface area (Å²) in [5.41, 5.74) is 1.01. The summed E-state index contributed by atoms with van der Waals surface area (Å²) < 4.78 is 10.2. The average molecular weight is 212 g/mol. The standard InChI is InChI=1S/C11H20N2O2/c1-8(2)11-5-10(15-13-11)6-12-9(3)7-14-4/h5,8-9,12H,6-7H2,1-4H3. The lowest BCUT2D eigenvalue weighted by Gasteiger charge is -2.10. The molecule has 0 saturated heterocycles. The third-order valence-corrected chi connectivity index (χ3v) is 2.21. The largest absolute Gasteiger partial charge is 0.383 e. The lowest BCUT2D eigenvalue weighted by Crippen LogP contribution is -2.29. The smallest absolute Gasteiger partial charge is 0.150 e. The molecule has 4 heteroatoms. The normalized spacial score (nSPS) is 13.4. The maximum Gasteiger partial charge on any atom is 0.150 e. The Morgan fingerprint density at radius 3 is 2.73 bits per heavy atom. The summed E-state index contributed by atoms with van der Waals surface area (Å²) in [5, 5.41) is 7.29. The average Bonchev–Trinajstić information content (AvgIpc) is 2.63. The molecule has 0 aliphatic heterocycles. The van der Waals surface area contributed by atoms with Crippen LogP contribution in [0.3, 0.4) is 0 Å². The van der Waals surface area contributed by atoms with Crippen LogP contribution in [0, 0.1) is 0 Å². The Balaban J connectivity index is 2.37. The zero-order valence-electron chi connectivity index (χ0n) is 9.91. The SMILES string of the molecule is COCC(C)NCc1cc(C(C)C)no1. The summed E-state index contributed by atoms with van der Waals surface area (Å²) >= 11 is 0. The number of ether oxygens (including phenoxy) is 1. The Labute approximate surface area is 91.0 Å². The minimum atomic E-state index is 0.322. The Bertz CT molecular complexity index is 284. The second-order valence-corrected chi connectivity index (χ2v) is 4.11. The second-order valence-electron chi connectivity index (χ2n) is 4.11. The Kier molecular flexibility index (Phi) is 4.78. The van der Waals surface area contributed by atoms with Crippen LogP contribution in [0.2, 0.25) is 0 Å². The fourth-order valence-corrected chi connectivity index (χ4v) is 1.27. The first-order valence-electron chi connectivity index (χ1n) is 5.31. The molecule has 4 nitrogen and oxygen atoms in total. The maximum absolute atomic E-state index is 5.20. The quantitative estimate of drug-likeness (QED) is 0.782. The summed E-state index contributed by atoms with van der Waals surface area (Å²) in [6.45, 7) is 7.67. The van der Waals surface area contributed by atoms with E-state index in [2.05, 4.69) is 31.2 Å². The highest BCUT2D eigenvalue weighted by Gasteiger charge is 2.08. The molecule has 0 spiro atoms. The van der Waals surface area contributed by atoms with Gasteiger partial charge in [-0.15, -0.1) is 0 Å². The summed E-state index contributed by atoms with van der Waals surface area (Å²) in [5.74, 6) is 1.29. The highest BCUT2D eigenvalue weighted by molar-refractivity contribution is 5.08. The minimum absolute atomic E-state index is 0.322. The molecular weight excluding hydrogens is 192 g/mol. The molecule has 1 aromatic rings. The number of hydrogen-bond donors (Lipinski definition) is 1. The predicted octanol–water partition coefficient (Wildman–Crippen LogP) is 1.92. The molecule has 0 amide bonds. The topological polar surface area (TPSA) is 47.3 Å². The van der Waals surface area contributed by atoms with E-state index in [1.54, 1.807) is 7.11 Å². The summed E-state index contributed by atoms with van der Waals surface area (Å²) in [6.07, 6.45) is 0. The number of methoxy groups -OCH3 is 1. The third-order valence-electron chi connectivity index (χ3n) is 2.21. The zero-order chi connectivity index (χ0) is 11.3. The molecular formula is C11H20N2O2. The second kappa shape index (κ2) is 5.88. The summed E-state index contributed by atoms with van der Waals surface area (Å²) in [4.78, 5) is 0. The maximum atomic E-state index is 5.20. The summed E-state index contributed by atoms with van der Waals surface area (Å²) in [6, 6.07) is 2.32. The van der Waals surface area contributed by atoms with Gasteiger partial charge in [0.1, 0.15) is 0 Å². The number of nitrogens with zero attached hydrogens (tertiary/aromatic N) is 1. The van der Waals surface area contributed by atoms with E-state index in [4.69, 9.17) is 9.26 Å². The van der Waals surface area contributed by atoms with Crippen molar-refractivity contribution in [1.29, 1.82) is 0 Å². The van der Waals surface area contributed by atoms with Crippen LogP contribution in [0.25, 0.3) is 0 Å². The molecule has 0 bridgehead atoms. The molecule has 86 valence electrons. The van der Waals surface area contributed by atoms with Crippen molar-refractivity contribution in [2.75, 3.05) is 13.7 Å². The van der Waals surface area contributed by atoms with E-state index in [-0.39, 0.29) is 0 Å². The van der Waals surface area contributed by atoms with Crippen LogP contribution in [0.4, 0.5) is 0 Å². The van der Waals surface area contributed by atoms with E-state index >= 15 is 0 Å². The van der Waals surface area contributed by atoms with Crippen molar-refractivity contribution in [3.05, 3.63) is 17.5 Å². The minimum Gasteiger partial charge on any atom is -0.383 e. The van der Waals surface area contributed by atoms with Gasteiger partial charge in [-0.25, -0.2) is 0 Å². The number of rotatable bonds is 6. The van der Waals surface area contributed by atoms with Gasteiger partial charge in [0, 0.05) is 19.2 Å². The van der Waals surface area contributed by atoms with E-state index < -0.39 is 0 Å². The van der Waals surface area contributed by atoms with Crippen LogP contribution < -0.4 is 5.32 Å². The van der Waals surface area contributed by atoms with Crippen molar-refractivity contribution in [3.63, 3.8) is 0 Å². The van der Waals surface area contributed by atoms with Crippen LogP contribution in [-0.2, 0) is 11.3 Å². The molecule has 0 saturated carbocycles. The van der Waals surface area contributed by atoms with Crippen LogP contribution in [0.5, 0.6) is 0 Å². The lowest BCUT2D eigenvalue weighted by atomic mass is 10.1. The van der Waals surface area contributed by atoms with E-state index in [0.717, 1.165) is 11.5 Å². The van der Waals surface area contributed by atoms with Crippen LogP contribution in [-0.4, -0.2) is 24.9 Å². The van der Waals surface area contributed by atoms with Gasteiger partial charge in [-0.3, -0.25) is 0 Å². The van der Waals surface area contributed by atoms with Crippen molar-refractivity contribution in [2.24, 2.45) is 0 Å². The Morgan fingerprint density at radius 2 is 2.20 bits per heavy atom. The van der Waals surface area contributed by atoms with Gasteiger partial charge >= 0.3 is 0 Å². The molecule has 0 radical (unpaired) electrons. The first kappa shape index (κ1) is 12.2. The molecule has 1 aromatic heterocycles.